The van der Waals surface area contributed by atoms with Gasteiger partial charge in [-0.1, -0.05) is 6.92 Å². The summed E-state index contributed by atoms with van der Waals surface area (Å²) in [5, 5.41) is 11.1. The lowest BCUT2D eigenvalue weighted by Gasteiger charge is -2.27. The first-order chi connectivity index (χ1) is 9.83. The highest BCUT2D eigenvalue weighted by molar-refractivity contribution is 7.07. The minimum Gasteiger partial charge on any atom is -0.355 e. The molecular weight excluding hydrogens is 268 g/mol. The molecule has 1 aromatic heterocycles. The fourth-order valence-electron chi connectivity index (χ4n) is 2.65. The van der Waals surface area contributed by atoms with Crippen molar-refractivity contribution in [1.29, 1.82) is 0 Å². The van der Waals surface area contributed by atoms with Crippen molar-refractivity contribution in [2.75, 3.05) is 26.7 Å². The maximum absolute atomic E-state index is 4.30. The van der Waals surface area contributed by atoms with Crippen LogP contribution in [-0.4, -0.2) is 43.6 Å². The van der Waals surface area contributed by atoms with Gasteiger partial charge in [-0.05, 0) is 54.7 Å². The number of hydrogen-bond acceptors (Lipinski definition) is 3. The zero-order valence-corrected chi connectivity index (χ0v) is 13.4. The molecule has 2 N–H and O–H groups in total. The van der Waals surface area contributed by atoms with E-state index in [9.17, 15) is 0 Å². The number of nitrogens with one attached hydrogen (secondary N) is 2. The molecule has 1 aliphatic rings. The maximum Gasteiger partial charge on any atom is 0.191 e. The second-order valence-corrected chi connectivity index (χ2v) is 6.02. The zero-order valence-electron chi connectivity index (χ0n) is 12.6. The lowest BCUT2D eigenvalue weighted by molar-refractivity contribution is 0.236. The average molecular weight is 294 g/mol. The first-order valence-corrected chi connectivity index (χ1v) is 8.47. The molecular formula is C15H26N4S. The molecule has 4 nitrogen and oxygen atoms in total. The quantitative estimate of drug-likeness (QED) is 0.625. The normalized spacial score (nSPS) is 18.2. The molecule has 1 atom stereocenters. The fraction of sp³-hybridized carbons (Fsp3) is 0.667. The Labute approximate surface area is 126 Å². The molecule has 1 aromatic rings. The van der Waals surface area contributed by atoms with Crippen LogP contribution in [0.15, 0.2) is 21.8 Å². The van der Waals surface area contributed by atoms with Crippen LogP contribution < -0.4 is 10.6 Å². The molecule has 1 saturated heterocycles. The van der Waals surface area contributed by atoms with E-state index < -0.39 is 0 Å². The molecule has 1 aliphatic heterocycles. The van der Waals surface area contributed by atoms with E-state index >= 15 is 0 Å². The van der Waals surface area contributed by atoms with Gasteiger partial charge in [0, 0.05) is 26.2 Å². The Morgan fingerprint density at radius 3 is 2.80 bits per heavy atom. The van der Waals surface area contributed by atoms with Crippen molar-refractivity contribution in [3.63, 3.8) is 0 Å². The van der Waals surface area contributed by atoms with Crippen LogP contribution >= 0.6 is 11.3 Å². The van der Waals surface area contributed by atoms with E-state index in [1.807, 2.05) is 7.05 Å². The minimum absolute atomic E-state index is 0.622. The number of hydrogen-bond donors (Lipinski definition) is 2. The van der Waals surface area contributed by atoms with Crippen molar-refractivity contribution in [3.8, 4) is 0 Å². The number of guanidine groups is 1. The number of likely N-dealkylation sites (tertiary alicyclic amines) is 1. The van der Waals surface area contributed by atoms with Crippen LogP contribution in [0.3, 0.4) is 0 Å². The summed E-state index contributed by atoms with van der Waals surface area (Å²) < 4.78 is 0. The SMILES string of the molecule is CCC(CNC(=NC)NCc1ccsc1)N1CCCC1. The lowest BCUT2D eigenvalue weighted by Crippen LogP contribution is -2.46. The van der Waals surface area contributed by atoms with Crippen molar-refractivity contribution in [2.45, 2.75) is 38.8 Å². The monoisotopic (exact) mass is 294 g/mol. The van der Waals surface area contributed by atoms with E-state index in [0.29, 0.717) is 6.04 Å². The highest BCUT2D eigenvalue weighted by Gasteiger charge is 2.20. The van der Waals surface area contributed by atoms with Gasteiger partial charge in [-0.2, -0.15) is 11.3 Å². The van der Waals surface area contributed by atoms with E-state index in [4.69, 9.17) is 0 Å². The van der Waals surface area contributed by atoms with E-state index in [-0.39, 0.29) is 0 Å². The van der Waals surface area contributed by atoms with Crippen LogP contribution in [0.4, 0.5) is 0 Å². The van der Waals surface area contributed by atoms with E-state index in [1.54, 1.807) is 11.3 Å². The Bertz CT molecular complexity index is 396. The van der Waals surface area contributed by atoms with Gasteiger partial charge < -0.3 is 10.6 Å². The molecule has 5 heteroatoms. The van der Waals surface area contributed by atoms with Crippen LogP contribution in [0.5, 0.6) is 0 Å². The second-order valence-electron chi connectivity index (χ2n) is 5.24. The van der Waals surface area contributed by atoms with Gasteiger partial charge >= 0.3 is 0 Å². The molecule has 1 fully saturated rings. The first-order valence-electron chi connectivity index (χ1n) is 7.53. The number of thiophene rings is 1. The molecule has 0 bridgehead atoms. The van der Waals surface area contributed by atoms with Gasteiger partial charge in [-0.3, -0.25) is 9.89 Å². The number of aliphatic imine (C=N–C) groups is 1. The average Bonchev–Trinajstić information content (AvgIpc) is 3.15. The van der Waals surface area contributed by atoms with Crippen molar-refractivity contribution in [1.82, 2.24) is 15.5 Å². The standard InChI is InChI=1S/C15H26N4S/c1-3-14(19-7-4-5-8-19)11-18-15(16-2)17-10-13-6-9-20-12-13/h6,9,12,14H,3-5,7-8,10-11H2,1-2H3,(H2,16,17,18). The maximum atomic E-state index is 4.30. The van der Waals surface area contributed by atoms with Gasteiger partial charge in [0.05, 0.1) is 0 Å². The van der Waals surface area contributed by atoms with Crippen LogP contribution in [0.2, 0.25) is 0 Å². The third kappa shape index (κ3) is 4.49. The zero-order chi connectivity index (χ0) is 14.2. The van der Waals surface area contributed by atoms with Gasteiger partial charge in [0.1, 0.15) is 0 Å². The van der Waals surface area contributed by atoms with Crippen molar-refractivity contribution in [3.05, 3.63) is 22.4 Å². The molecule has 20 heavy (non-hydrogen) atoms. The largest absolute Gasteiger partial charge is 0.355 e. The van der Waals surface area contributed by atoms with Crippen LogP contribution in [0, 0.1) is 0 Å². The van der Waals surface area contributed by atoms with E-state index in [1.165, 1.54) is 37.9 Å². The Kier molecular flexibility index (Phi) is 6.33. The summed E-state index contributed by atoms with van der Waals surface area (Å²) in [5.74, 6) is 0.897. The van der Waals surface area contributed by atoms with Gasteiger partial charge in [0.2, 0.25) is 0 Å². The summed E-state index contributed by atoms with van der Waals surface area (Å²) in [6.07, 6.45) is 3.89. The van der Waals surface area contributed by atoms with E-state index in [2.05, 4.69) is 44.3 Å². The molecule has 112 valence electrons. The summed E-state index contributed by atoms with van der Waals surface area (Å²) in [5.41, 5.74) is 1.31. The third-order valence-corrected chi connectivity index (χ3v) is 4.63. The molecule has 2 heterocycles. The second kappa shape index (κ2) is 8.27. The molecule has 0 radical (unpaired) electrons. The van der Waals surface area contributed by atoms with Gasteiger partial charge in [0.15, 0.2) is 5.96 Å². The Hall–Kier alpha value is -1.07. The molecule has 0 saturated carbocycles. The number of nitrogens with zero attached hydrogens (tertiary/aromatic N) is 2. The molecule has 0 spiro atoms. The summed E-state index contributed by atoms with van der Waals surface area (Å²) in [6.45, 7) is 6.58. The molecule has 0 aliphatic carbocycles. The summed E-state index contributed by atoms with van der Waals surface area (Å²) in [4.78, 5) is 6.90. The molecule has 1 unspecified atom stereocenters. The predicted octanol–water partition coefficient (Wildman–Crippen LogP) is 2.29. The lowest BCUT2D eigenvalue weighted by atomic mass is 10.2. The summed E-state index contributed by atoms with van der Waals surface area (Å²) in [6, 6.07) is 2.77. The smallest absolute Gasteiger partial charge is 0.191 e. The van der Waals surface area contributed by atoms with Gasteiger partial charge in [-0.15, -0.1) is 0 Å². The van der Waals surface area contributed by atoms with Crippen molar-refractivity contribution < 1.29 is 0 Å². The van der Waals surface area contributed by atoms with Crippen LogP contribution in [-0.2, 0) is 6.54 Å². The third-order valence-electron chi connectivity index (χ3n) is 3.90. The summed E-state index contributed by atoms with van der Waals surface area (Å²) in [7, 11) is 1.83. The summed E-state index contributed by atoms with van der Waals surface area (Å²) >= 11 is 1.73. The molecule has 0 aromatic carbocycles. The molecule has 0 amide bonds. The van der Waals surface area contributed by atoms with Gasteiger partial charge in [0.25, 0.3) is 0 Å². The predicted molar refractivity (Wildman–Crippen MR) is 87.4 cm³/mol. The fourth-order valence-corrected chi connectivity index (χ4v) is 3.32. The Morgan fingerprint density at radius 2 is 2.20 bits per heavy atom. The first kappa shape index (κ1) is 15.3. The molecule has 2 rings (SSSR count). The van der Waals surface area contributed by atoms with Crippen molar-refractivity contribution in [2.24, 2.45) is 4.99 Å². The number of rotatable bonds is 6. The van der Waals surface area contributed by atoms with E-state index in [0.717, 1.165) is 19.0 Å². The highest BCUT2D eigenvalue weighted by atomic mass is 32.1. The van der Waals surface area contributed by atoms with Crippen LogP contribution in [0.25, 0.3) is 0 Å². The minimum atomic E-state index is 0.622. The van der Waals surface area contributed by atoms with Gasteiger partial charge in [-0.25, -0.2) is 0 Å². The Balaban J connectivity index is 1.74. The van der Waals surface area contributed by atoms with Crippen molar-refractivity contribution >= 4 is 17.3 Å². The Morgan fingerprint density at radius 1 is 1.40 bits per heavy atom. The van der Waals surface area contributed by atoms with Crippen LogP contribution in [0.1, 0.15) is 31.7 Å². The topological polar surface area (TPSA) is 39.7 Å². The highest BCUT2D eigenvalue weighted by Crippen LogP contribution is 2.13.